The number of benzene rings is 1. The van der Waals surface area contributed by atoms with Gasteiger partial charge in [-0.25, -0.2) is 0 Å². The van der Waals surface area contributed by atoms with E-state index in [4.69, 9.17) is 14.0 Å². The smallest absolute Gasteiger partial charge is 0.457 e. The molecule has 0 spiro atoms. The SMILES string of the molecule is CCCCCCC[C@@H]1Oc2ccccc2[C@H]1CCB1OC(C)(C)C(C)(C)O1. The second kappa shape index (κ2) is 8.57. The molecule has 2 aliphatic rings. The highest BCUT2D eigenvalue weighted by molar-refractivity contribution is 6.45. The van der Waals surface area contributed by atoms with Crippen molar-refractivity contribution in [1.29, 1.82) is 0 Å². The second-order valence-corrected chi connectivity index (χ2v) is 9.27. The molecule has 0 aromatic heterocycles. The van der Waals surface area contributed by atoms with Crippen LogP contribution in [0.3, 0.4) is 0 Å². The summed E-state index contributed by atoms with van der Waals surface area (Å²) in [7, 11) is -0.118. The number of ether oxygens (including phenoxy) is 1. The van der Waals surface area contributed by atoms with Gasteiger partial charge in [0.05, 0.1) is 11.2 Å². The molecule has 2 atom stereocenters. The minimum Gasteiger partial charge on any atom is -0.489 e. The van der Waals surface area contributed by atoms with Crippen molar-refractivity contribution in [3.8, 4) is 5.75 Å². The molecule has 0 N–H and O–H groups in total. The number of hydrogen-bond donors (Lipinski definition) is 0. The average Bonchev–Trinajstić information content (AvgIpc) is 3.06. The Labute approximate surface area is 166 Å². The summed E-state index contributed by atoms with van der Waals surface area (Å²) in [4.78, 5) is 0. The van der Waals surface area contributed by atoms with Crippen LogP contribution in [0.4, 0.5) is 0 Å². The van der Waals surface area contributed by atoms with E-state index >= 15 is 0 Å². The largest absolute Gasteiger partial charge is 0.489 e. The molecule has 1 aromatic carbocycles. The zero-order valence-corrected chi connectivity index (χ0v) is 17.9. The molecule has 2 aliphatic heterocycles. The summed E-state index contributed by atoms with van der Waals surface area (Å²) in [5.41, 5.74) is 0.869. The van der Waals surface area contributed by atoms with Gasteiger partial charge in [-0.15, -0.1) is 0 Å². The van der Waals surface area contributed by atoms with Crippen molar-refractivity contribution in [3.63, 3.8) is 0 Å². The van der Waals surface area contributed by atoms with E-state index in [0.717, 1.165) is 24.9 Å². The minimum atomic E-state index is -0.250. The summed E-state index contributed by atoms with van der Waals surface area (Å²) in [5, 5.41) is 0. The third kappa shape index (κ3) is 4.71. The highest BCUT2D eigenvalue weighted by Crippen LogP contribution is 2.44. The van der Waals surface area contributed by atoms with Gasteiger partial charge in [0, 0.05) is 11.5 Å². The number of unbranched alkanes of at least 4 members (excludes halogenated alkanes) is 4. The average molecular weight is 372 g/mol. The summed E-state index contributed by atoms with van der Waals surface area (Å²) < 4.78 is 18.8. The first-order chi connectivity index (χ1) is 12.8. The molecule has 0 radical (unpaired) electrons. The van der Waals surface area contributed by atoms with Gasteiger partial charge >= 0.3 is 7.12 Å². The maximum Gasteiger partial charge on any atom is 0.457 e. The quantitative estimate of drug-likeness (QED) is 0.372. The molecule has 2 heterocycles. The van der Waals surface area contributed by atoms with Crippen LogP contribution in [0.2, 0.25) is 6.32 Å². The van der Waals surface area contributed by atoms with Crippen LogP contribution >= 0.6 is 0 Å². The van der Waals surface area contributed by atoms with E-state index in [2.05, 4.69) is 58.9 Å². The summed E-state index contributed by atoms with van der Waals surface area (Å²) in [6.45, 7) is 10.8. The Hall–Kier alpha value is -0.995. The standard InChI is InChI=1S/C23H37BO3/c1-6-7-8-9-10-14-21-19(18-13-11-12-15-20(18)25-21)16-17-24-26-22(2,3)23(4,5)27-24/h11-13,15,19,21H,6-10,14,16-17H2,1-5H3/t19-,21+/m1/s1. The van der Waals surface area contributed by atoms with Crippen LogP contribution < -0.4 is 4.74 Å². The van der Waals surface area contributed by atoms with E-state index in [-0.39, 0.29) is 18.3 Å². The van der Waals surface area contributed by atoms with Crippen LogP contribution in [0, 0.1) is 0 Å². The lowest BCUT2D eigenvalue weighted by Crippen LogP contribution is -2.41. The van der Waals surface area contributed by atoms with Gasteiger partial charge in [0.2, 0.25) is 0 Å². The van der Waals surface area contributed by atoms with E-state index in [1.165, 1.54) is 37.7 Å². The molecule has 27 heavy (non-hydrogen) atoms. The zero-order chi connectivity index (χ0) is 19.5. The van der Waals surface area contributed by atoms with E-state index in [1.807, 2.05) is 0 Å². The predicted octanol–water partition coefficient (Wildman–Crippen LogP) is 6.37. The van der Waals surface area contributed by atoms with Gasteiger partial charge in [-0.05, 0) is 59.3 Å². The Kier molecular flexibility index (Phi) is 6.58. The fourth-order valence-electron chi connectivity index (χ4n) is 4.29. The van der Waals surface area contributed by atoms with Gasteiger partial charge in [-0.3, -0.25) is 0 Å². The maximum atomic E-state index is 6.34. The summed E-state index contributed by atoms with van der Waals surface area (Å²) >= 11 is 0. The van der Waals surface area contributed by atoms with E-state index in [9.17, 15) is 0 Å². The van der Waals surface area contributed by atoms with Crippen molar-refractivity contribution in [2.75, 3.05) is 0 Å². The Morgan fingerprint density at radius 1 is 0.889 bits per heavy atom. The monoisotopic (exact) mass is 372 g/mol. The van der Waals surface area contributed by atoms with Crippen LogP contribution in [0.1, 0.15) is 91.0 Å². The molecule has 0 saturated carbocycles. The summed E-state index contributed by atoms with van der Waals surface area (Å²) in [5.74, 6) is 1.53. The molecule has 1 fully saturated rings. The Bertz CT molecular complexity index is 597. The molecule has 3 nitrogen and oxygen atoms in total. The topological polar surface area (TPSA) is 27.7 Å². The van der Waals surface area contributed by atoms with Gasteiger partial charge in [0.25, 0.3) is 0 Å². The lowest BCUT2D eigenvalue weighted by atomic mass is 9.76. The number of fused-ring (bicyclic) bond motifs is 1. The molecular weight excluding hydrogens is 335 g/mol. The van der Waals surface area contributed by atoms with Crippen molar-refractivity contribution >= 4 is 7.12 Å². The molecule has 3 rings (SSSR count). The normalized spacial score (nSPS) is 25.4. The third-order valence-electron chi connectivity index (χ3n) is 6.65. The van der Waals surface area contributed by atoms with Crippen LogP contribution in [-0.4, -0.2) is 24.4 Å². The Balaban J connectivity index is 1.58. The molecule has 0 unspecified atom stereocenters. The van der Waals surface area contributed by atoms with Crippen molar-refractivity contribution in [3.05, 3.63) is 29.8 Å². The van der Waals surface area contributed by atoms with Gasteiger partial charge in [0.15, 0.2) is 0 Å². The second-order valence-electron chi connectivity index (χ2n) is 9.27. The maximum absolute atomic E-state index is 6.34. The van der Waals surface area contributed by atoms with Crippen LogP contribution in [0.25, 0.3) is 0 Å². The van der Waals surface area contributed by atoms with Crippen molar-refractivity contribution in [2.45, 2.75) is 109 Å². The van der Waals surface area contributed by atoms with Crippen molar-refractivity contribution in [1.82, 2.24) is 0 Å². The highest BCUT2D eigenvalue weighted by Gasteiger charge is 2.51. The van der Waals surface area contributed by atoms with Crippen LogP contribution in [-0.2, 0) is 9.31 Å². The fourth-order valence-corrected chi connectivity index (χ4v) is 4.29. The van der Waals surface area contributed by atoms with Gasteiger partial charge < -0.3 is 14.0 Å². The Morgan fingerprint density at radius 3 is 2.26 bits per heavy atom. The van der Waals surface area contributed by atoms with Crippen molar-refractivity contribution in [2.24, 2.45) is 0 Å². The van der Waals surface area contributed by atoms with Gasteiger partial charge in [0.1, 0.15) is 11.9 Å². The number of hydrogen-bond acceptors (Lipinski definition) is 3. The molecule has 0 bridgehead atoms. The predicted molar refractivity (Wildman–Crippen MR) is 112 cm³/mol. The Morgan fingerprint density at radius 2 is 1.56 bits per heavy atom. The highest BCUT2D eigenvalue weighted by atomic mass is 16.7. The molecular formula is C23H37BO3. The van der Waals surface area contributed by atoms with Gasteiger partial charge in [-0.1, -0.05) is 50.8 Å². The summed E-state index contributed by atoms with van der Waals surface area (Å²) in [6.07, 6.45) is 9.96. The molecule has 1 aromatic rings. The molecule has 0 aliphatic carbocycles. The zero-order valence-electron chi connectivity index (χ0n) is 17.9. The van der Waals surface area contributed by atoms with E-state index in [1.54, 1.807) is 0 Å². The summed E-state index contributed by atoms with van der Waals surface area (Å²) in [6, 6.07) is 8.57. The molecule has 150 valence electrons. The first-order valence-corrected chi connectivity index (χ1v) is 11.0. The number of rotatable bonds is 9. The first kappa shape index (κ1) is 20.7. The lowest BCUT2D eigenvalue weighted by molar-refractivity contribution is 0.00578. The van der Waals surface area contributed by atoms with Crippen LogP contribution in [0.15, 0.2) is 24.3 Å². The molecule has 0 amide bonds. The third-order valence-corrected chi connectivity index (χ3v) is 6.65. The molecule has 1 saturated heterocycles. The first-order valence-electron chi connectivity index (χ1n) is 11.0. The van der Waals surface area contributed by atoms with Crippen LogP contribution in [0.5, 0.6) is 5.75 Å². The van der Waals surface area contributed by atoms with E-state index < -0.39 is 0 Å². The van der Waals surface area contributed by atoms with Gasteiger partial charge in [-0.2, -0.15) is 0 Å². The number of para-hydroxylation sites is 1. The fraction of sp³-hybridized carbons (Fsp3) is 0.739. The van der Waals surface area contributed by atoms with Crippen molar-refractivity contribution < 1.29 is 14.0 Å². The lowest BCUT2D eigenvalue weighted by Gasteiger charge is -2.32. The minimum absolute atomic E-state index is 0.118. The van der Waals surface area contributed by atoms with E-state index in [0.29, 0.717) is 12.0 Å². The molecule has 4 heteroatoms.